The van der Waals surface area contributed by atoms with E-state index in [1.165, 1.54) is 11.3 Å². The molecule has 0 bridgehead atoms. The first-order valence-electron chi connectivity index (χ1n) is 7.50. The number of piperidine rings is 1. The highest BCUT2D eigenvalue weighted by Gasteiger charge is 2.20. The zero-order valence-electron chi connectivity index (χ0n) is 12.9. The summed E-state index contributed by atoms with van der Waals surface area (Å²) < 4.78 is 1.14. The summed E-state index contributed by atoms with van der Waals surface area (Å²) in [4.78, 5) is 13.5. The molecule has 0 aromatic heterocycles. The van der Waals surface area contributed by atoms with Gasteiger partial charge in [-0.1, -0.05) is 22.0 Å². The van der Waals surface area contributed by atoms with Crippen molar-refractivity contribution in [1.29, 1.82) is 0 Å². The Balaban J connectivity index is 2.01. The highest BCUT2D eigenvalue weighted by atomic mass is 79.9. The molecule has 1 fully saturated rings. The lowest BCUT2D eigenvalue weighted by Crippen LogP contribution is -2.44. The second-order valence-corrected chi connectivity index (χ2v) is 6.53. The van der Waals surface area contributed by atoms with Crippen LogP contribution in [-0.4, -0.2) is 32.1 Å². The number of carbonyl (C=O) groups is 1. The first-order valence-corrected chi connectivity index (χ1v) is 8.29. The van der Waals surface area contributed by atoms with E-state index in [2.05, 4.69) is 56.6 Å². The number of nitrogens with one attached hydrogen (secondary N) is 2. The normalized spacial score (nSPS) is 17.6. The van der Waals surface area contributed by atoms with Gasteiger partial charge in [-0.3, -0.25) is 4.79 Å². The Bertz CT molecular complexity index is 498. The van der Waals surface area contributed by atoms with E-state index in [1.807, 2.05) is 7.05 Å². The standard InChI is InChI=1S/C16H24BrN3O/c1-11(18-3)15-5-4-14(10-16(15)17)20-8-6-13(7-9-20)19-12(2)21/h4-5,10-11,13,18H,6-9H2,1-3H3,(H,19,21). The minimum atomic E-state index is 0.0709. The van der Waals surface area contributed by atoms with Crippen LogP contribution in [0.1, 0.15) is 38.3 Å². The number of nitrogens with zero attached hydrogens (tertiary/aromatic N) is 1. The summed E-state index contributed by atoms with van der Waals surface area (Å²) in [7, 11) is 1.97. The summed E-state index contributed by atoms with van der Waals surface area (Å²) in [6, 6.07) is 7.22. The van der Waals surface area contributed by atoms with Crippen LogP contribution < -0.4 is 15.5 Å². The molecule has 1 aliphatic heterocycles. The van der Waals surface area contributed by atoms with Crippen LogP contribution in [0.4, 0.5) is 5.69 Å². The molecule has 1 aliphatic rings. The second-order valence-electron chi connectivity index (χ2n) is 5.68. The van der Waals surface area contributed by atoms with Crippen molar-refractivity contribution < 1.29 is 4.79 Å². The average molecular weight is 354 g/mol. The fourth-order valence-electron chi connectivity index (χ4n) is 2.79. The van der Waals surface area contributed by atoms with E-state index >= 15 is 0 Å². The molecule has 1 unspecified atom stereocenters. The van der Waals surface area contributed by atoms with Gasteiger partial charge in [0.25, 0.3) is 0 Å². The molecule has 1 atom stereocenters. The third kappa shape index (κ3) is 4.20. The first-order chi connectivity index (χ1) is 10.0. The minimum Gasteiger partial charge on any atom is -0.371 e. The minimum absolute atomic E-state index is 0.0709. The summed E-state index contributed by atoms with van der Waals surface area (Å²) in [6.07, 6.45) is 2.01. The predicted octanol–water partition coefficient (Wildman–Crippen LogP) is 2.83. The van der Waals surface area contributed by atoms with Crippen LogP contribution in [0.3, 0.4) is 0 Å². The van der Waals surface area contributed by atoms with Gasteiger partial charge in [0.05, 0.1) is 0 Å². The van der Waals surface area contributed by atoms with Crippen molar-refractivity contribution >= 4 is 27.5 Å². The van der Waals surface area contributed by atoms with E-state index in [4.69, 9.17) is 0 Å². The molecule has 21 heavy (non-hydrogen) atoms. The van der Waals surface area contributed by atoms with Crippen LogP contribution in [0.2, 0.25) is 0 Å². The Morgan fingerprint density at radius 1 is 1.38 bits per heavy atom. The second kappa shape index (κ2) is 7.27. The summed E-state index contributed by atoms with van der Waals surface area (Å²) in [5.74, 6) is 0.0709. The van der Waals surface area contributed by atoms with Crippen molar-refractivity contribution in [3.8, 4) is 0 Å². The smallest absolute Gasteiger partial charge is 0.217 e. The highest BCUT2D eigenvalue weighted by molar-refractivity contribution is 9.10. The van der Waals surface area contributed by atoms with Gasteiger partial charge in [0, 0.05) is 42.3 Å². The number of rotatable bonds is 4. The van der Waals surface area contributed by atoms with Crippen LogP contribution in [0, 0.1) is 0 Å². The lowest BCUT2D eigenvalue weighted by atomic mass is 10.0. The maximum atomic E-state index is 11.1. The predicted molar refractivity (Wildman–Crippen MR) is 90.7 cm³/mol. The zero-order valence-corrected chi connectivity index (χ0v) is 14.5. The molecule has 1 amide bonds. The van der Waals surface area contributed by atoms with Gasteiger partial charge in [-0.05, 0) is 44.5 Å². The quantitative estimate of drug-likeness (QED) is 0.874. The molecule has 1 saturated heterocycles. The molecule has 0 radical (unpaired) electrons. The van der Waals surface area contributed by atoms with Crippen LogP contribution in [0.15, 0.2) is 22.7 Å². The van der Waals surface area contributed by atoms with Crippen LogP contribution in [-0.2, 0) is 4.79 Å². The third-order valence-corrected chi connectivity index (χ3v) is 4.84. The van der Waals surface area contributed by atoms with Crippen molar-refractivity contribution in [2.75, 3.05) is 25.0 Å². The van der Waals surface area contributed by atoms with Crippen molar-refractivity contribution in [2.24, 2.45) is 0 Å². The van der Waals surface area contributed by atoms with Crippen molar-refractivity contribution in [3.63, 3.8) is 0 Å². The summed E-state index contributed by atoms with van der Waals surface area (Å²) in [6.45, 7) is 5.71. The van der Waals surface area contributed by atoms with E-state index in [0.717, 1.165) is 30.4 Å². The molecule has 1 aromatic carbocycles. The maximum Gasteiger partial charge on any atom is 0.217 e. The molecule has 5 heteroatoms. The molecular weight excluding hydrogens is 330 g/mol. The molecule has 0 spiro atoms. The highest BCUT2D eigenvalue weighted by Crippen LogP contribution is 2.29. The number of amides is 1. The zero-order chi connectivity index (χ0) is 15.4. The van der Waals surface area contributed by atoms with Gasteiger partial charge in [0.15, 0.2) is 0 Å². The summed E-state index contributed by atoms with van der Waals surface area (Å²) in [5.41, 5.74) is 2.52. The lowest BCUT2D eigenvalue weighted by molar-refractivity contribution is -0.119. The van der Waals surface area contributed by atoms with Crippen molar-refractivity contribution in [1.82, 2.24) is 10.6 Å². The number of carbonyl (C=O) groups excluding carboxylic acids is 1. The van der Waals surface area contributed by atoms with E-state index in [1.54, 1.807) is 6.92 Å². The number of benzene rings is 1. The van der Waals surface area contributed by atoms with Gasteiger partial charge >= 0.3 is 0 Å². The van der Waals surface area contributed by atoms with Gasteiger partial charge in [-0.25, -0.2) is 0 Å². The molecule has 0 aliphatic carbocycles. The maximum absolute atomic E-state index is 11.1. The average Bonchev–Trinajstić information content (AvgIpc) is 2.46. The number of anilines is 1. The topological polar surface area (TPSA) is 44.4 Å². The van der Waals surface area contributed by atoms with Crippen LogP contribution in [0.25, 0.3) is 0 Å². The molecule has 4 nitrogen and oxygen atoms in total. The molecule has 116 valence electrons. The third-order valence-electron chi connectivity index (χ3n) is 4.15. The molecule has 1 aromatic rings. The molecule has 0 saturated carbocycles. The van der Waals surface area contributed by atoms with E-state index in [-0.39, 0.29) is 5.91 Å². The van der Waals surface area contributed by atoms with E-state index in [9.17, 15) is 4.79 Å². The number of hydrogen-bond donors (Lipinski definition) is 2. The molecule has 1 heterocycles. The lowest BCUT2D eigenvalue weighted by Gasteiger charge is -2.34. The van der Waals surface area contributed by atoms with Crippen LogP contribution in [0.5, 0.6) is 0 Å². The molecule has 2 N–H and O–H groups in total. The largest absolute Gasteiger partial charge is 0.371 e. The fourth-order valence-corrected chi connectivity index (χ4v) is 3.50. The van der Waals surface area contributed by atoms with Gasteiger partial charge in [0.1, 0.15) is 0 Å². The first kappa shape index (κ1) is 16.3. The summed E-state index contributed by atoms with van der Waals surface area (Å²) in [5, 5.41) is 6.27. The SMILES string of the molecule is CNC(C)c1ccc(N2CCC(NC(C)=O)CC2)cc1Br. The Morgan fingerprint density at radius 3 is 2.57 bits per heavy atom. The number of halogens is 1. The summed E-state index contributed by atoms with van der Waals surface area (Å²) >= 11 is 3.68. The fraction of sp³-hybridized carbons (Fsp3) is 0.562. The molecule has 2 rings (SSSR count). The number of hydrogen-bond acceptors (Lipinski definition) is 3. The van der Waals surface area contributed by atoms with E-state index < -0.39 is 0 Å². The van der Waals surface area contributed by atoms with Crippen molar-refractivity contribution in [2.45, 2.75) is 38.8 Å². The molecular formula is C16H24BrN3O. The van der Waals surface area contributed by atoms with Crippen LogP contribution >= 0.6 is 15.9 Å². The van der Waals surface area contributed by atoms with Gasteiger partial charge in [-0.15, -0.1) is 0 Å². The Morgan fingerprint density at radius 2 is 2.05 bits per heavy atom. The van der Waals surface area contributed by atoms with Gasteiger partial charge in [-0.2, -0.15) is 0 Å². The van der Waals surface area contributed by atoms with Gasteiger partial charge < -0.3 is 15.5 Å². The van der Waals surface area contributed by atoms with E-state index in [0.29, 0.717) is 12.1 Å². The Kier molecular flexibility index (Phi) is 5.65. The van der Waals surface area contributed by atoms with Gasteiger partial charge in [0.2, 0.25) is 5.91 Å². The Labute approximate surface area is 135 Å². The monoisotopic (exact) mass is 353 g/mol. The Hall–Kier alpha value is -1.07. The van der Waals surface area contributed by atoms with Crippen molar-refractivity contribution in [3.05, 3.63) is 28.2 Å².